The van der Waals surface area contributed by atoms with Crippen LogP contribution in [0.3, 0.4) is 0 Å². The van der Waals surface area contributed by atoms with Gasteiger partial charge in [-0.3, -0.25) is 0 Å². The average molecular weight is 169 g/mol. The van der Waals surface area contributed by atoms with E-state index in [-0.39, 0.29) is 16.9 Å². The molecule has 1 heterocycles. The zero-order chi connectivity index (χ0) is 7.84. The van der Waals surface area contributed by atoms with Crippen LogP contribution in [0.1, 0.15) is 11.6 Å². The van der Waals surface area contributed by atoms with E-state index >= 15 is 0 Å². The molecule has 0 N–H and O–H groups in total. The topological polar surface area (TPSA) is 25.8 Å². The predicted molar refractivity (Wildman–Crippen MR) is 37.5 cm³/mol. The third-order valence-electron chi connectivity index (χ3n) is 1.30. The van der Waals surface area contributed by atoms with E-state index in [1.165, 1.54) is 0 Å². The highest BCUT2D eigenvalue weighted by Gasteiger charge is 2.20. The fraction of sp³-hybridized carbons (Fsp3) is 0.143. The minimum Gasteiger partial charge on any atom is -0.223 e. The molecule has 2 rings (SSSR count). The van der Waals surface area contributed by atoms with Crippen molar-refractivity contribution in [1.29, 1.82) is 0 Å². The molecule has 1 aliphatic carbocycles. The standard InChI is InChI=1S/C7H2ClFN2/c8-7-10-3-5(9)6(11-7)4-1-2-4/h3-4H. The maximum absolute atomic E-state index is 12.8. The van der Waals surface area contributed by atoms with E-state index in [1.54, 1.807) is 0 Å². The van der Waals surface area contributed by atoms with Crippen LogP contribution >= 0.6 is 11.6 Å². The average Bonchev–Trinajstić information content (AvgIpc) is 2.76. The van der Waals surface area contributed by atoms with Gasteiger partial charge < -0.3 is 0 Å². The van der Waals surface area contributed by atoms with Gasteiger partial charge in [0.1, 0.15) is 11.6 Å². The van der Waals surface area contributed by atoms with Crippen LogP contribution in [0.2, 0.25) is 5.28 Å². The molecule has 0 fully saturated rings. The van der Waals surface area contributed by atoms with E-state index < -0.39 is 5.82 Å². The highest BCUT2D eigenvalue weighted by Crippen LogP contribution is 2.22. The Morgan fingerprint density at radius 1 is 1.55 bits per heavy atom. The fourth-order valence-electron chi connectivity index (χ4n) is 0.739. The van der Waals surface area contributed by atoms with Crippen molar-refractivity contribution in [3.8, 4) is 11.8 Å². The summed E-state index contributed by atoms with van der Waals surface area (Å²) in [5, 5.41) is 0.0527. The molecule has 2 nitrogen and oxygen atoms in total. The highest BCUT2D eigenvalue weighted by atomic mass is 35.5. The van der Waals surface area contributed by atoms with Crippen LogP contribution < -0.4 is 0 Å². The Morgan fingerprint density at radius 3 is 2.91 bits per heavy atom. The summed E-state index contributed by atoms with van der Waals surface area (Å²) >= 11 is 5.44. The SMILES string of the molecule is Fc1cnc(Cl)nc1C1C#C1. The minimum atomic E-state index is -0.461. The van der Waals surface area contributed by atoms with Gasteiger partial charge in [-0.05, 0) is 11.6 Å². The summed E-state index contributed by atoms with van der Waals surface area (Å²) < 4.78 is 12.8. The predicted octanol–water partition coefficient (Wildman–Crippen LogP) is 1.37. The van der Waals surface area contributed by atoms with Gasteiger partial charge in [0.25, 0.3) is 0 Å². The largest absolute Gasteiger partial charge is 0.223 e. The molecule has 0 aromatic carbocycles. The smallest absolute Gasteiger partial charge is 0.222 e. The van der Waals surface area contributed by atoms with Crippen LogP contribution in [0.15, 0.2) is 6.20 Å². The molecule has 1 aliphatic rings. The second-order valence-electron chi connectivity index (χ2n) is 2.09. The fourth-order valence-corrected chi connectivity index (χ4v) is 0.878. The molecule has 0 aliphatic heterocycles. The Balaban J connectivity index is 2.43. The van der Waals surface area contributed by atoms with Crippen molar-refractivity contribution in [1.82, 2.24) is 9.97 Å². The zero-order valence-electron chi connectivity index (χ0n) is 5.31. The van der Waals surface area contributed by atoms with E-state index in [0.29, 0.717) is 0 Å². The lowest BCUT2D eigenvalue weighted by Gasteiger charge is -1.96. The second kappa shape index (κ2) is 2.18. The summed E-state index contributed by atoms with van der Waals surface area (Å²) in [5.74, 6) is 4.69. The lowest BCUT2D eigenvalue weighted by Crippen LogP contribution is -1.96. The van der Waals surface area contributed by atoms with Gasteiger partial charge >= 0.3 is 0 Å². The summed E-state index contributed by atoms with van der Waals surface area (Å²) in [6.45, 7) is 0. The lowest BCUT2D eigenvalue weighted by molar-refractivity contribution is 0.595. The van der Waals surface area contributed by atoms with Gasteiger partial charge in [0.15, 0.2) is 5.82 Å². The summed E-state index contributed by atoms with van der Waals surface area (Å²) in [6.07, 6.45) is 1.05. The minimum absolute atomic E-state index is 0.0527. The molecule has 1 aromatic rings. The van der Waals surface area contributed by atoms with E-state index in [1.807, 2.05) is 0 Å². The zero-order valence-corrected chi connectivity index (χ0v) is 6.06. The number of nitrogens with zero attached hydrogens (tertiary/aromatic N) is 2. The quantitative estimate of drug-likeness (QED) is 0.468. The molecule has 0 radical (unpaired) electrons. The van der Waals surface area contributed by atoms with Gasteiger partial charge in [-0.2, -0.15) is 0 Å². The lowest BCUT2D eigenvalue weighted by atomic mass is 10.2. The Morgan fingerprint density at radius 2 is 2.27 bits per heavy atom. The van der Waals surface area contributed by atoms with Crippen molar-refractivity contribution >= 4 is 11.6 Å². The van der Waals surface area contributed by atoms with E-state index in [9.17, 15) is 4.39 Å². The number of hydrogen-bond acceptors (Lipinski definition) is 2. The third kappa shape index (κ3) is 1.17. The monoisotopic (exact) mass is 168 g/mol. The Hall–Kier alpha value is -1.14. The van der Waals surface area contributed by atoms with Crippen LogP contribution in [-0.2, 0) is 0 Å². The molecule has 1 aromatic heterocycles. The molecule has 4 heteroatoms. The molecule has 0 spiro atoms. The molecule has 0 amide bonds. The molecule has 0 bridgehead atoms. The molecular formula is C7H2ClFN2. The van der Waals surface area contributed by atoms with Crippen LogP contribution in [0.4, 0.5) is 4.39 Å². The Labute approximate surface area is 67.4 Å². The normalized spacial score (nSPS) is 14.0. The van der Waals surface area contributed by atoms with Gasteiger partial charge in [-0.15, -0.1) is 0 Å². The van der Waals surface area contributed by atoms with E-state index in [4.69, 9.17) is 11.6 Å². The number of hydrogen-bond donors (Lipinski definition) is 0. The summed E-state index contributed by atoms with van der Waals surface area (Å²) in [7, 11) is 0. The van der Waals surface area contributed by atoms with Crippen molar-refractivity contribution in [2.45, 2.75) is 5.92 Å². The third-order valence-corrected chi connectivity index (χ3v) is 1.49. The van der Waals surface area contributed by atoms with E-state index in [2.05, 4.69) is 21.8 Å². The van der Waals surface area contributed by atoms with Crippen molar-refractivity contribution in [3.05, 3.63) is 23.0 Å². The van der Waals surface area contributed by atoms with E-state index in [0.717, 1.165) is 6.20 Å². The van der Waals surface area contributed by atoms with Crippen LogP contribution in [-0.4, -0.2) is 9.97 Å². The van der Waals surface area contributed by atoms with Gasteiger partial charge in [-0.25, -0.2) is 14.4 Å². The second-order valence-corrected chi connectivity index (χ2v) is 2.43. The highest BCUT2D eigenvalue weighted by molar-refractivity contribution is 6.28. The first-order valence-electron chi connectivity index (χ1n) is 2.96. The van der Waals surface area contributed by atoms with Gasteiger partial charge in [0, 0.05) is 0 Å². The van der Waals surface area contributed by atoms with Crippen molar-refractivity contribution in [3.63, 3.8) is 0 Å². The first-order valence-corrected chi connectivity index (χ1v) is 3.34. The van der Waals surface area contributed by atoms with Crippen LogP contribution in [0.25, 0.3) is 0 Å². The Bertz CT molecular complexity index is 358. The summed E-state index contributed by atoms with van der Waals surface area (Å²) in [6, 6.07) is 0. The molecule has 54 valence electrons. The van der Waals surface area contributed by atoms with Crippen molar-refractivity contribution in [2.24, 2.45) is 0 Å². The molecule has 0 atom stereocenters. The van der Waals surface area contributed by atoms with Gasteiger partial charge in [-0.1, -0.05) is 11.8 Å². The first-order chi connectivity index (χ1) is 5.27. The first kappa shape index (κ1) is 6.56. The number of halogens is 2. The maximum Gasteiger partial charge on any atom is 0.222 e. The molecule has 0 saturated carbocycles. The number of rotatable bonds is 1. The number of aromatic nitrogens is 2. The van der Waals surface area contributed by atoms with Gasteiger partial charge in [0.2, 0.25) is 5.28 Å². The molecule has 0 unspecified atom stereocenters. The molecule has 0 saturated heterocycles. The molecule has 11 heavy (non-hydrogen) atoms. The van der Waals surface area contributed by atoms with Crippen LogP contribution in [0, 0.1) is 17.7 Å². The Kier molecular flexibility index (Phi) is 1.30. The summed E-state index contributed by atoms with van der Waals surface area (Å²) in [5.41, 5.74) is 0.255. The van der Waals surface area contributed by atoms with Crippen molar-refractivity contribution < 1.29 is 4.39 Å². The maximum atomic E-state index is 12.8. The summed E-state index contributed by atoms with van der Waals surface area (Å²) in [4.78, 5) is 7.16. The van der Waals surface area contributed by atoms with Gasteiger partial charge in [0.05, 0.1) is 6.20 Å². The van der Waals surface area contributed by atoms with Crippen molar-refractivity contribution in [2.75, 3.05) is 0 Å². The van der Waals surface area contributed by atoms with Crippen LogP contribution in [0.5, 0.6) is 0 Å². The molecular weight excluding hydrogens is 167 g/mol.